The molecule has 22 heavy (non-hydrogen) atoms. The minimum Gasteiger partial charge on any atom is -0.268 e. The molecule has 2 aromatic rings. The maximum atomic E-state index is 12.4. The predicted octanol–water partition coefficient (Wildman–Crippen LogP) is 3.81. The number of halogens is 2. The Bertz CT molecular complexity index is 853. The zero-order chi connectivity index (χ0) is 16.0. The number of benzene rings is 2. The summed E-state index contributed by atoms with van der Waals surface area (Å²) in [5, 5.41) is 11.0. The van der Waals surface area contributed by atoms with Crippen molar-refractivity contribution in [2.24, 2.45) is 0 Å². The van der Waals surface area contributed by atoms with E-state index in [9.17, 15) is 19.7 Å². The van der Waals surface area contributed by atoms with E-state index in [-0.39, 0.29) is 27.5 Å². The summed E-state index contributed by atoms with van der Waals surface area (Å²) in [7, 11) is 0. The Morgan fingerprint density at radius 2 is 1.73 bits per heavy atom. The fourth-order valence-corrected chi connectivity index (χ4v) is 2.98. The van der Waals surface area contributed by atoms with Crippen LogP contribution in [0.25, 0.3) is 0 Å². The topological polar surface area (TPSA) is 80.5 Å². The second-order valence-corrected chi connectivity index (χ2v) is 5.85. The lowest BCUT2D eigenvalue weighted by atomic mass is 10.1. The lowest BCUT2D eigenvalue weighted by molar-refractivity contribution is -0.384. The summed E-state index contributed by atoms with van der Waals surface area (Å²) < 4.78 is 0.702. The van der Waals surface area contributed by atoms with Crippen molar-refractivity contribution in [3.63, 3.8) is 0 Å². The quantitative estimate of drug-likeness (QED) is 0.450. The Balaban J connectivity index is 2.12. The van der Waals surface area contributed by atoms with Gasteiger partial charge < -0.3 is 0 Å². The van der Waals surface area contributed by atoms with Gasteiger partial charge in [0.05, 0.1) is 26.8 Å². The number of carbonyl (C=O) groups is 2. The number of anilines is 1. The van der Waals surface area contributed by atoms with Crippen LogP contribution in [0.3, 0.4) is 0 Å². The van der Waals surface area contributed by atoms with Crippen molar-refractivity contribution in [1.82, 2.24) is 0 Å². The molecule has 0 saturated heterocycles. The number of amides is 2. The lowest BCUT2D eigenvalue weighted by Gasteiger charge is -2.15. The molecule has 0 unspecified atom stereocenters. The van der Waals surface area contributed by atoms with Gasteiger partial charge >= 0.3 is 0 Å². The zero-order valence-electron chi connectivity index (χ0n) is 10.7. The molecule has 0 saturated carbocycles. The van der Waals surface area contributed by atoms with Gasteiger partial charge in [-0.3, -0.25) is 19.7 Å². The number of non-ortho nitro benzene ring substituents is 1. The van der Waals surface area contributed by atoms with E-state index in [1.165, 1.54) is 18.2 Å². The maximum Gasteiger partial charge on any atom is 0.270 e. The highest BCUT2D eigenvalue weighted by molar-refractivity contribution is 9.10. The second kappa shape index (κ2) is 5.19. The van der Waals surface area contributed by atoms with Crippen molar-refractivity contribution in [1.29, 1.82) is 0 Å². The minimum atomic E-state index is -0.632. The molecule has 0 N–H and O–H groups in total. The van der Waals surface area contributed by atoms with E-state index in [1.54, 1.807) is 12.1 Å². The summed E-state index contributed by atoms with van der Waals surface area (Å²) >= 11 is 9.32. The van der Waals surface area contributed by atoms with Gasteiger partial charge in [0.15, 0.2) is 0 Å². The van der Waals surface area contributed by atoms with Gasteiger partial charge in [-0.2, -0.15) is 0 Å². The molecular weight excluding hydrogens is 376 g/mol. The van der Waals surface area contributed by atoms with Crippen molar-refractivity contribution < 1.29 is 14.5 Å². The van der Waals surface area contributed by atoms with Crippen LogP contribution in [0.1, 0.15) is 20.7 Å². The van der Waals surface area contributed by atoms with E-state index in [0.717, 1.165) is 11.0 Å². The van der Waals surface area contributed by atoms with Crippen LogP contribution in [0.15, 0.2) is 40.9 Å². The molecule has 0 bridgehead atoms. The van der Waals surface area contributed by atoms with Crippen LogP contribution >= 0.6 is 27.5 Å². The van der Waals surface area contributed by atoms with Crippen LogP contribution in [-0.2, 0) is 0 Å². The van der Waals surface area contributed by atoms with Gasteiger partial charge in [0, 0.05) is 16.6 Å². The number of imide groups is 1. The van der Waals surface area contributed by atoms with Crippen LogP contribution in [0.5, 0.6) is 0 Å². The largest absolute Gasteiger partial charge is 0.270 e. The second-order valence-electron chi connectivity index (χ2n) is 4.53. The van der Waals surface area contributed by atoms with E-state index in [4.69, 9.17) is 11.6 Å². The first-order valence-corrected chi connectivity index (χ1v) is 7.19. The van der Waals surface area contributed by atoms with Gasteiger partial charge in [0.2, 0.25) is 0 Å². The molecular formula is C14H6BrClN2O4. The smallest absolute Gasteiger partial charge is 0.268 e. The number of nitro groups is 1. The van der Waals surface area contributed by atoms with E-state index in [0.29, 0.717) is 4.47 Å². The average molecular weight is 382 g/mol. The van der Waals surface area contributed by atoms with Gasteiger partial charge in [-0.1, -0.05) is 27.5 Å². The first kappa shape index (κ1) is 14.7. The van der Waals surface area contributed by atoms with Crippen molar-refractivity contribution in [3.05, 3.63) is 67.1 Å². The Hall–Kier alpha value is -2.25. The summed E-state index contributed by atoms with van der Waals surface area (Å²) in [6.07, 6.45) is 0. The fraction of sp³-hybridized carbons (Fsp3) is 0. The monoisotopic (exact) mass is 380 g/mol. The van der Waals surface area contributed by atoms with Crippen LogP contribution in [-0.4, -0.2) is 16.7 Å². The first-order valence-electron chi connectivity index (χ1n) is 6.02. The molecule has 8 heteroatoms. The van der Waals surface area contributed by atoms with Crippen LogP contribution in [0, 0.1) is 10.1 Å². The van der Waals surface area contributed by atoms with Crippen LogP contribution in [0.4, 0.5) is 11.4 Å². The van der Waals surface area contributed by atoms with Crippen molar-refractivity contribution >= 4 is 50.7 Å². The Labute approximate surface area is 137 Å². The third-order valence-corrected chi connectivity index (χ3v) is 4.03. The fourth-order valence-electron chi connectivity index (χ4n) is 2.22. The highest BCUT2D eigenvalue weighted by Crippen LogP contribution is 2.35. The number of rotatable bonds is 2. The number of carbonyl (C=O) groups excluding carboxylic acids is 2. The van der Waals surface area contributed by atoms with Crippen LogP contribution < -0.4 is 4.90 Å². The number of hydrogen-bond acceptors (Lipinski definition) is 4. The summed E-state index contributed by atoms with van der Waals surface area (Å²) in [5.41, 5.74) is 0.107. The lowest BCUT2D eigenvalue weighted by Crippen LogP contribution is -2.29. The molecule has 3 rings (SSSR count). The third kappa shape index (κ3) is 2.18. The van der Waals surface area contributed by atoms with Crippen molar-refractivity contribution in [2.75, 3.05) is 4.90 Å². The molecule has 0 aliphatic carbocycles. The highest BCUT2D eigenvalue weighted by Gasteiger charge is 2.38. The van der Waals surface area contributed by atoms with E-state index in [2.05, 4.69) is 15.9 Å². The SMILES string of the molecule is O=C1c2ccc([N+](=O)[O-])cc2C(=O)N1c1ccc(Br)cc1Cl. The summed E-state index contributed by atoms with van der Waals surface area (Å²) in [4.78, 5) is 35.9. The Morgan fingerprint density at radius 1 is 1.05 bits per heavy atom. The molecule has 0 atom stereocenters. The van der Waals surface area contributed by atoms with Crippen molar-refractivity contribution in [2.45, 2.75) is 0 Å². The van der Waals surface area contributed by atoms with Gasteiger partial charge in [-0.25, -0.2) is 4.90 Å². The highest BCUT2D eigenvalue weighted by atomic mass is 79.9. The van der Waals surface area contributed by atoms with E-state index in [1.807, 2.05) is 0 Å². The number of nitrogens with zero attached hydrogens (tertiary/aromatic N) is 2. The molecule has 2 aromatic carbocycles. The summed E-state index contributed by atoms with van der Waals surface area (Å²) in [6.45, 7) is 0. The molecule has 0 fully saturated rings. The molecule has 0 spiro atoms. The van der Waals surface area contributed by atoms with E-state index >= 15 is 0 Å². The van der Waals surface area contributed by atoms with E-state index < -0.39 is 16.7 Å². The maximum absolute atomic E-state index is 12.4. The minimum absolute atomic E-state index is 0.00168. The van der Waals surface area contributed by atoms with Gasteiger partial charge in [-0.05, 0) is 24.3 Å². The summed E-state index contributed by atoms with van der Waals surface area (Å²) in [6, 6.07) is 8.30. The molecule has 2 amide bonds. The zero-order valence-corrected chi connectivity index (χ0v) is 13.1. The third-order valence-electron chi connectivity index (χ3n) is 3.23. The van der Waals surface area contributed by atoms with Crippen molar-refractivity contribution in [3.8, 4) is 0 Å². The number of hydrogen-bond donors (Lipinski definition) is 0. The molecule has 110 valence electrons. The standard InChI is InChI=1S/C14H6BrClN2O4/c15-7-1-4-12(11(16)5-7)17-13(19)9-3-2-8(18(21)22)6-10(9)14(17)20/h1-6H. The predicted molar refractivity (Wildman–Crippen MR) is 83.4 cm³/mol. The first-order chi connectivity index (χ1) is 10.4. The molecule has 1 aliphatic rings. The Morgan fingerprint density at radius 3 is 2.36 bits per heavy atom. The normalized spacial score (nSPS) is 13.5. The Kier molecular flexibility index (Phi) is 3.46. The average Bonchev–Trinajstić information content (AvgIpc) is 2.71. The van der Waals surface area contributed by atoms with Gasteiger partial charge in [0.25, 0.3) is 17.5 Å². The molecule has 0 aromatic heterocycles. The molecule has 6 nitrogen and oxygen atoms in total. The summed E-state index contributed by atoms with van der Waals surface area (Å²) in [5.74, 6) is -1.19. The number of fused-ring (bicyclic) bond motifs is 1. The molecule has 1 heterocycles. The molecule has 1 aliphatic heterocycles. The molecule has 0 radical (unpaired) electrons. The number of nitro benzene ring substituents is 1. The van der Waals surface area contributed by atoms with Gasteiger partial charge in [0.1, 0.15) is 0 Å². The van der Waals surface area contributed by atoms with Gasteiger partial charge in [-0.15, -0.1) is 0 Å². The van der Waals surface area contributed by atoms with Crippen LogP contribution in [0.2, 0.25) is 5.02 Å².